The van der Waals surface area contributed by atoms with E-state index >= 15 is 0 Å². The molecule has 0 spiro atoms. The van der Waals surface area contributed by atoms with Gasteiger partial charge in [-0.15, -0.1) is 0 Å². The monoisotopic (exact) mass is 154 g/mol. The Morgan fingerprint density at radius 3 is 2.91 bits per heavy atom. The quantitative estimate of drug-likeness (QED) is 0.675. The fourth-order valence-corrected chi connectivity index (χ4v) is 1.000. The molecule has 0 bridgehead atoms. The molecule has 11 heavy (non-hydrogen) atoms. The highest BCUT2D eigenvalue weighted by atomic mass is 16.5. The molecule has 0 aliphatic heterocycles. The average Bonchev–Trinajstić information content (AvgIpc) is 2.37. The second kappa shape index (κ2) is 4.01. The van der Waals surface area contributed by atoms with E-state index in [1.54, 1.807) is 0 Å². The minimum atomic E-state index is 0.682. The molecule has 0 saturated carbocycles. The summed E-state index contributed by atoms with van der Waals surface area (Å²) in [5.74, 6) is 0. The molecule has 3 nitrogen and oxygen atoms in total. The SMILES string of the molecule is CCCCCc1nocc1N. The molecule has 1 rings (SSSR count). The number of aromatic nitrogens is 1. The van der Waals surface area contributed by atoms with Crippen LogP contribution in [0.15, 0.2) is 10.8 Å². The second-order valence-electron chi connectivity index (χ2n) is 2.67. The van der Waals surface area contributed by atoms with Crippen LogP contribution in [-0.4, -0.2) is 5.16 Å². The maximum absolute atomic E-state index is 5.57. The van der Waals surface area contributed by atoms with E-state index in [0.29, 0.717) is 5.69 Å². The highest BCUT2D eigenvalue weighted by Gasteiger charge is 2.01. The Balaban J connectivity index is 2.32. The van der Waals surface area contributed by atoms with E-state index in [9.17, 15) is 0 Å². The maximum atomic E-state index is 5.57. The first-order valence-electron chi connectivity index (χ1n) is 4.03. The Bertz CT molecular complexity index is 208. The molecular formula is C8H14N2O. The van der Waals surface area contributed by atoms with Crippen molar-refractivity contribution < 1.29 is 4.52 Å². The van der Waals surface area contributed by atoms with Crippen molar-refractivity contribution in [2.75, 3.05) is 5.73 Å². The predicted molar refractivity (Wildman–Crippen MR) is 44.1 cm³/mol. The van der Waals surface area contributed by atoms with Crippen LogP contribution in [-0.2, 0) is 6.42 Å². The molecule has 2 N–H and O–H groups in total. The van der Waals surface area contributed by atoms with E-state index < -0.39 is 0 Å². The van der Waals surface area contributed by atoms with Crippen molar-refractivity contribution in [1.29, 1.82) is 0 Å². The molecule has 62 valence electrons. The second-order valence-corrected chi connectivity index (χ2v) is 2.67. The molecule has 0 amide bonds. The van der Waals surface area contributed by atoms with Gasteiger partial charge in [0.25, 0.3) is 0 Å². The van der Waals surface area contributed by atoms with Crippen LogP contribution in [0.3, 0.4) is 0 Å². The third kappa shape index (κ3) is 2.26. The number of hydrogen-bond donors (Lipinski definition) is 1. The van der Waals surface area contributed by atoms with Crippen LogP contribution in [0, 0.1) is 0 Å². The highest BCUT2D eigenvalue weighted by molar-refractivity contribution is 5.38. The predicted octanol–water partition coefficient (Wildman–Crippen LogP) is 1.99. The first-order valence-corrected chi connectivity index (χ1v) is 4.03. The van der Waals surface area contributed by atoms with Crippen LogP contribution < -0.4 is 5.73 Å². The molecule has 0 atom stereocenters. The van der Waals surface area contributed by atoms with Crippen LogP contribution in [0.5, 0.6) is 0 Å². The Morgan fingerprint density at radius 2 is 2.36 bits per heavy atom. The lowest BCUT2D eigenvalue weighted by molar-refractivity contribution is 0.410. The van der Waals surface area contributed by atoms with Gasteiger partial charge in [-0.25, -0.2) is 0 Å². The van der Waals surface area contributed by atoms with Gasteiger partial charge in [0.1, 0.15) is 12.0 Å². The van der Waals surface area contributed by atoms with Crippen molar-refractivity contribution in [3.05, 3.63) is 12.0 Å². The zero-order chi connectivity index (χ0) is 8.10. The molecule has 0 unspecified atom stereocenters. The van der Waals surface area contributed by atoms with E-state index in [4.69, 9.17) is 10.3 Å². The topological polar surface area (TPSA) is 52.0 Å². The number of hydrogen-bond acceptors (Lipinski definition) is 3. The summed E-state index contributed by atoms with van der Waals surface area (Å²) >= 11 is 0. The van der Waals surface area contributed by atoms with Crippen LogP contribution in [0.1, 0.15) is 31.9 Å². The summed E-state index contributed by atoms with van der Waals surface area (Å²) in [7, 11) is 0. The number of nitrogens with two attached hydrogens (primary N) is 1. The molecular weight excluding hydrogens is 140 g/mol. The van der Waals surface area contributed by atoms with Gasteiger partial charge >= 0.3 is 0 Å². The zero-order valence-electron chi connectivity index (χ0n) is 6.84. The number of anilines is 1. The van der Waals surface area contributed by atoms with Crippen molar-refractivity contribution >= 4 is 5.69 Å². The third-order valence-electron chi connectivity index (χ3n) is 1.69. The fourth-order valence-electron chi connectivity index (χ4n) is 1.000. The molecule has 0 aliphatic rings. The number of rotatable bonds is 4. The fraction of sp³-hybridized carbons (Fsp3) is 0.625. The summed E-state index contributed by atoms with van der Waals surface area (Å²) < 4.78 is 4.70. The zero-order valence-corrected chi connectivity index (χ0v) is 6.84. The lowest BCUT2D eigenvalue weighted by atomic mass is 10.1. The number of nitrogen functional groups attached to an aromatic ring is 1. The summed E-state index contributed by atoms with van der Waals surface area (Å²) in [4.78, 5) is 0. The van der Waals surface area contributed by atoms with Gasteiger partial charge in [-0.2, -0.15) is 0 Å². The van der Waals surface area contributed by atoms with Crippen LogP contribution >= 0.6 is 0 Å². The van der Waals surface area contributed by atoms with Gasteiger partial charge in [0.15, 0.2) is 0 Å². The Morgan fingerprint density at radius 1 is 1.55 bits per heavy atom. The van der Waals surface area contributed by atoms with Gasteiger partial charge in [-0.05, 0) is 12.8 Å². The van der Waals surface area contributed by atoms with Crippen molar-refractivity contribution in [2.45, 2.75) is 32.6 Å². The van der Waals surface area contributed by atoms with Crippen molar-refractivity contribution in [1.82, 2.24) is 5.16 Å². The summed E-state index contributed by atoms with van der Waals surface area (Å²) in [6.45, 7) is 2.17. The summed E-state index contributed by atoms with van der Waals surface area (Å²) in [5.41, 5.74) is 7.15. The molecule has 0 aliphatic carbocycles. The van der Waals surface area contributed by atoms with Gasteiger partial charge in [0.05, 0.1) is 5.69 Å². The molecule has 1 heterocycles. The molecule has 0 aromatic carbocycles. The van der Waals surface area contributed by atoms with E-state index in [1.165, 1.54) is 19.1 Å². The average molecular weight is 154 g/mol. The van der Waals surface area contributed by atoms with Gasteiger partial charge in [-0.1, -0.05) is 24.9 Å². The summed E-state index contributed by atoms with van der Waals surface area (Å²) in [6.07, 6.45) is 6.02. The first kappa shape index (κ1) is 8.11. The van der Waals surface area contributed by atoms with Crippen molar-refractivity contribution in [3.63, 3.8) is 0 Å². The largest absolute Gasteiger partial charge is 0.395 e. The maximum Gasteiger partial charge on any atom is 0.147 e. The normalized spacial score (nSPS) is 10.3. The van der Waals surface area contributed by atoms with Gasteiger partial charge in [0.2, 0.25) is 0 Å². The van der Waals surface area contributed by atoms with E-state index in [1.807, 2.05) is 0 Å². The molecule has 1 aromatic heterocycles. The minimum Gasteiger partial charge on any atom is -0.395 e. The Kier molecular flexibility index (Phi) is 2.95. The van der Waals surface area contributed by atoms with Crippen LogP contribution in [0.4, 0.5) is 5.69 Å². The standard InChI is InChI=1S/C8H14N2O/c1-2-3-4-5-8-7(9)6-11-10-8/h6H,2-5,9H2,1H3. The van der Waals surface area contributed by atoms with Gasteiger partial charge in [-0.3, -0.25) is 0 Å². The van der Waals surface area contributed by atoms with E-state index in [-0.39, 0.29) is 0 Å². The van der Waals surface area contributed by atoms with Gasteiger partial charge < -0.3 is 10.3 Å². The molecule has 3 heteroatoms. The van der Waals surface area contributed by atoms with Gasteiger partial charge in [0, 0.05) is 0 Å². The minimum absolute atomic E-state index is 0.682. The summed E-state index contributed by atoms with van der Waals surface area (Å²) in [6, 6.07) is 0. The number of aryl methyl sites for hydroxylation is 1. The number of nitrogens with zero attached hydrogens (tertiary/aromatic N) is 1. The molecule has 1 aromatic rings. The Hall–Kier alpha value is -0.990. The lowest BCUT2D eigenvalue weighted by Crippen LogP contribution is -1.91. The smallest absolute Gasteiger partial charge is 0.147 e. The molecule has 0 radical (unpaired) electrons. The van der Waals surface area contributed by atoms with E-state index in [0.717, 1.165) is 18.5 Å². The van der Waals surface area contributed by atoms with Crippen molar-refractivity contribution in [2.24, 2.45) is 0 Å². The summed E-state index contributed by atoms with van der Waals surface area (Å²) in [5, 5.41) is 3.79. The lowest BCUT2D eigenvalue weighted by Gasteiger charge is -1.94. The first-order chi connectivity index (χ1) is 5.34. The van der Waals surface area contributed by atoms with Crippen LogP contribution in [0.25, 0.3) is 0 Å². The number of unbranched alkanes of at least 4 members (excludes halogenated alkanes) is 2. The third-order valence-corrected chi connectivity index (χ3v) is 1.69. The van der Waals surface area contributed by atoms with E-state index in [2.05, 4.69) is 12.1 Å². The Labute approximate surface area is 66.6 Å². The van der Waals surface area contributed by atoms with Crippen molar-refractivity contribution in [3.8, 4) is 0 Å². The molecule has 0 fully saturated rings. The van der Waals surface area contributed by atoms with Crippen LogP contribution in [0.2, 0.25) is 0 Å². The molecule has 0 saturated heterocycles. The highest BCUT2D eigenvalue weighted by Crippen LogP contribution is 2.11.